The van der Waals surface area contributed by atoms with Gasteiger partial charge in [0.15, 0.2) is 0 Å². The van der Waals surface area contributed by atoms with E-state index in [0.717, 1.165) is 17.7 Å². The SMILES string of the molecule is NCCCN(C=O)C(=O)C(=O)N1CCCC1. The molecule has 0 aliphatic carbocycles. The molecule has 1 aliphatic rings. The highest BCUT2D eigenvalue weighted by molar-refractivity contribution is 6.36. The molecule has 1 fully saturated rings. The molecule has 0 spiro atoms. The first-order valence-electron chi connectivity index (χ1n) is 5.46. The molecule has 3 amide bonds. The van der Waals surface area contributed by atoms with Gasteiger partial charge >= 0.3 is 11.8 Å². The van der Waals surface area contributed by atoms with Crippen LogP contribution in [0.1, 0.15) is 19.3 Å². The number of carbonyl (C=O) groups excluding carboxylic acids is 3. The minimum absolute atomic E-state index is 0.207. The Kier molecular flexibility index (Phi) is 4.91. The molecule has 6 heteroatoms. The van der Waals surface area contributed by atoms with Gasteiger partial charge in [0.25, 0.3) is 0 Å². The predicted octanol–water partition coefficient (Wildman–Crippen LogP) is -1.06. The summed E-state index contributed by atoms with van der Waals surface area (Å²) in [5, 5.41) is 0. The van der Waals surface area contributed by atoms with E-state index in [-0.39, 0.29) is 6.54 Å². The summed E-state index contributed by atoms with van der Waals surface area (Å²) in [7, 11) is 0. The summed E-state index contributed by atoms with van der Waals surface area (Å²) >= 11 is 0. The second-order valence-electron chi connectivity index (χ2n) is 3.75. The Bertz CT molecular complexity index is 274. The van der Waals surface area contributed by atoms with Gasteiger partial charge in [-0.2, -0.15) is 0 Å². The molecule has 2 N–H and O–H groups in total. The summed E-state index contributed by atoms with van der Waals surface area (Å²) in [5.41, 5.74) is 5.28. The van der Waals surface area contributed by atoms with E-state index >= 15 is 0 Å². The largest absolute Gasteiger partial charge is 0.334 e. The Balaban J connectivity index is 2.52. The molecule has 0 aromatic heterocycles. The molecule has 1 heterocycles. The number of nitrogens with two attached hydrogens (primary N) is 1. The standard InChI is InChI=1S/C10H17N3O3/c11-4-3-7-13(8-14)10(16)9(15)12-5-1-2-6-12/h8H,1-7,11H2. The van der Waals surface area contributed by atoms with E-state index in [9.17, 15) is 14.4 Å². The van der Waals surface area contributed by atoms with Crippen molar-refractivity contribution in [2.24, 2.45) is 5.73 Å². The maximum absolute atomic E-state index is 11.7. The summed E-state index contributed by atoms with van der Waals surface area (Å²) in [6.07, 6.45) is 2.75. The molecule has 90 valence electrons. The van der Waals surface area contributed by atoms with Crippen molar-refractivity contribution in [3.63, 3.8) is 0 Å². The molecule has 0 unspecified atom stereocenters. The summed E-state index contributed by atoms with van der Waals surface area (Å²) in [6.45, 7) is 1.80. The van der Waals surface area contributed by atoms with Gasteiger partial charge in [0, 0.05) is 19.6 Å². The average Bonchev–Trinajstić information content (AvgIpc) is 2.82. The fraction of sp³-hybridized carbons (Fsp3) is 0.700. The third-order valence-corrected chi connectivity index (χ3v) is 2.57. The summed E-state index contributed by atoms with van der Waals surface area (Å²) in [5.74, 6) is -1.33. The van der Waals surface area contributed by atoms with E-state index in [2.05, 4.69) is 0 Å². The van der Waals surface area contributed by atoms with Crippen molar-refractivity contribution < 1.29 is 14.4 Å². The first-order valence-corrected chi connectivity index (χ1v) is 5.46. The van der Waals surface area contributed by atoms with Gasteiger partial charge in [-0.1, -0.05) is 0 Å². The highest BCUT2D eigenvalue weighted by atomic mass is 16.2. The Hall–Kier alpha value is -1.43. The minimum atomic E-state index is -0.745. The number of hydrogen-bond acceptors (Lipinski definition) is 4. The van der Waals surface area contributed by atoms with Gasteiger partial charge in [0.1, 0.15) is 0 Å². The number of hydrogen-bond donors (Lipinski definition) is 1. The lowest BCUT2D eigenvalue weighted by Gasteiger charge is -2.19. The summed E-state index contributed by atoms with van der Waals surface area (Å²) in [4.78, 5) is 36.3. The van der Waals surface area contributed by atoms with E-state index in [0.29, 0.717) is 32.5 Å². The lowest BCUT2D eigenvalue weighted by Crippen LogP contribution is -2.44. The van der Waals surface area contributed by atoms with Gasteiger partial charge in [0.2, 0.25) is 6.41 Å². The van der Waals surface area contributed by atoms with Crippen molar-refractivity contribution in [3.8, 4) is 0 Å². The van der Waals surface area contributed by atoms with Gasteiger partial charge in [0.05, 0.1) is 0 Å². The molecule has 0 atom stereocenters. The predicted molar refractivity (Wildman–Crippen MR) is 57.3 cm³/mol. The fourth-order valence-electron chi connectivity index (χ4n) is 1.64. The highest BCUT2D eigenvalue weighted by Crippen LogP contribution is 2.08. The van der Waals surface area contributed by atoms with Crippen LogP contribution in [0.25, 0.3) is 0 Å². The second kappa shape index (κ2) is 6.22. The van der Waals surface area contributed by atoms with Gasteiger partial charge in [-0.3, -0.25) is 19.3 Å². The Morgan fingerprint density at radius 1 is 1.31 bits per heavy atom. The smallest absolute Gasteiger partial charge is 0.318 e. The molecule has 0 bridgehead atoms. The van der Waals surface area contributed by atoms with Crippen LogP contribution in [-0.2, 0) is 14.4 Å². The van der Waals surface area contributed by atoms with E-state index in [1.165, 1.54) is 4.90 Å². The lowest BCUT2D eigenvalue weighted by atomic mass is 10.3. The van der Waals surface area contributed by atoms with E-state index in [1.54, 1.807) is 0 Å². The Morgan fingerprint density at radius 2 is 1.94 bits per heavy atom. The third kappa shape index (κ3) is 3.03. The number of imide groups is 1. The van der Waals surface area contributed by atoms with Crippen molar-refractivity contribution in [3.05, 3.63) is 0 Å². The van der Waals surface area contributed by atoms with Crippen LogP contribution in [0.5, 0.6) is 0 Å². The number of nitrogens with zero attached hydrogens (tertiary/aromatic N) is 2. The van der Waals surface area contributed by atoms with Crippen LogP contribution in [0.3, 0.4) is 0 Å². The Labute approximate surface area is 94.4 Å². The van der Waals surface area contributed by atoms with Crippen molar-refractivity contribution in [2.75, 3.05) is 26.2 Å². The average molecular weight is 227 g/mol. The first kappa shape index (κ1) is 12.6. The zero-order valence-corrected chi connectivity index (χ0v) is 9.22. The molecular formula is C10H17N3O3. The third-order valence-electron chi connectivity index (χ3n) is 2.57. The van der Waals surface area contributed by atoms with Gasteiger partial charge in [-0.25, -0.2) is 0 Å². The number of carbonyl (C=O) groups is 3. The molecule has 16 heavy (non-hydrogen) atoms. The molecule has 0 radical (unpaired) electrons. The number of amides is 3. The van der Waals surface area contributed by atoms with Crippen LogP contribution in [-0.4, -0.2) is 54.2 Å². The maximum Gasteiger partial charge on any atom is 0.318 e. The molecular weight excluding hydrogens is 210 g/mol. The highest BCUT2D eigenvalue weighted by Gasteiger charge is 2.28. The van der Waals surface area contributed by atoms with Crippen molar-refractivity contribution >= 4 is 18.2 Å². The molecule has 0 aromatic carbocycles. The molecule has 0 aromatic rings. The van der Waals surface area contributed by atoms with E-state index in [4.69, 9.17) is 5.73 Å². The lowest BCUT2D eigenvalue weighted by molar-refractivity contribution is -0.153. The van der Waals surface area contributed by atoms with E-state index < -0.39 is 11.8 Å². The Morgan fingerprint density at radius 3 is 2.44 bits per heavy atom. The van der Waals surface area contributed by atoms with Gasteiger partial charge < -0.3 is 10.6 Å². The molecule has 1 saturated heterocycles. The molecule has 0 saturated carbocycles. The minimum Gasteiger partial charge on any atom is -0.334 e. The van der Waals surface area contributed by atoms with Crippen molar-refractivity contribution in [2.45, 2.75) is 19.3 Å². The van der Waals surface area contributed by atoms with Crippen LogP contribution in [0.2, 0.25) is 0 Å². The zero-order valence-electron chi connectivity index (χ0n) is 9.22. The molecule has 1 rings (SSSR count). The first-order chi connectivity index (χ1) is 7.70. The monoisotopic (exact) mass is 227 g/mol. The van der Waals surface area contributed by atoms with Crippen LogP contribution >= 0.6 is 0 Å². The van der Waals surface area contributed by atoms with Crippen LogP contribution in [0, 0.1) is 0 Å². The number of likely N-dealkylation sites (tertiary alicyclic amines) is 1. The van der Waals surface area contributed by atoms with Crippen LogP contribution in [0.4, 0.5) is 0 Å². The number of rotatable bonds is 4. The quantitative estimate of drug-likeness (QED) is 0.490. The van der Waals surface area contributed by atoms with Gasteiger partial charge in [-0.05, 0) is 25.8 Å². The second-order valence-corrected chi connectivity index (χ2v) is 3.75. The fourth-order valence-corrected chi connectivity index (χ4v) is 1.64. The summed E-state index contributed by atoms with van der Waals surface area (Å²) < 4.78 is 0. The van der Waals surface area contributed by atoms with E-state index in [1.807, 2.05) is 0 Å². The van der Waals surface area contributed by atoms with Crippen molar-refractivity contribution in [1.29, 1.82) is 0 Å². The summed E-state index contributed by atoms with van der Waals surface area (Å²) in [6, 6.07) is 0. The van der Waals surface area contributed by atoms with Gasteiger partial charge in [-0.15, -0.1) is 0 Å². The zero-order chi connectivity index (χ0) is 12.0. The maximum atomic E-state index is 11.7. The molecule has 1 aliphatic heterocycles. The van der Waals surface area contributed by atoms with Crippen LogP contribution in [0.15, 0.2) is 0 Å². The normalized spacial score (nSPS) is 14.9. The van der Waals surface area contributed by atoms with Crippen LogP contribution < -0.4 is 5.73 Å². The topological polar surface area (TPSA) is 83.7 Å². The van der Waals surface area contributed by atoms with Crippen molar-refractivity contribution in [1.82, 2.24) is 9.80 Å². The molecule has 6 nitrogen and oxygen atoms in total.